The van der Waals surface area contributed by atoms with Crippen LogP contribution in [0.3, 0.4) is 0 Å². The average Bonchev–Trinajstić information content (AvgIpc) is 3.26. The number of imide groups is 1. The summed E-state index contributed by atoms with van der Waals surface area (Å²) in [6.45, 7) is 0.420. The van der Waals surface area contributed by atoms with Gasteiger partial charge in [-0.2, -0.15) is 4.31 Å². The molecule has 11 heteroatoms. The lowest BCUT2D eigenvalue weighted by molar-refractivity contribution is -0.120. The minimum atomic E-state index is -3.63. The molecule has 1 aromatic heterocycles. The van der Waals surface area contributed by atoms with Crippen molar-refractivity contribution in [3.8, 4) is 0 Å². The molecule has 3 heterocycles. The molecule has 3 amide bonds. The maximum Gasteiger partial charge on any atom is 0.261 e. The molecular weight excluding hydrogens is 438 g/mol. The van der Waals surface area contributed by atoms with E-state index in [1.807, 2.05) is 0 Å². The molecule has 0 saturated carbocycles. The van der Waals surface area contributed by atoms with Gasteiger partial charge in [0.15, 0.2) is 0 Å². The number of hydrogen-bond acceptors (Lipinski definition) is 6. The van der Waals surface area contributed by atoms with Crippen LogP contribution in [0.15, 0.2) is 34.5 Å². The van der Waals surface area contributed by atoms with E-state index in [2.05, 4.69) is 10.6 Å². The standard InChI is InChI=1S/C18H16ClN3O5S2/c19-13-4-5-14(28-13)29(26,27)22-8-6-10(7-9-22)16(23)20-12-3-1-2-11-15(12)18(25)21-17(11)24/h1-5,10H,6-9H2,(H,20,23)(H,21,24,25). The summed E-state index contributed by atoms with van der Waals surface area (Å²) in [6.07, 6.45) is 0.703. The smallest absolute Gasteiger partial charge is 0.261 e. The number of piperidine rings is 1. The van der Waals surface area contributed by atoms with Gasteiger partial charge < -0.3 is 5.32 Å². The molecule has 0 aliphatic carbocycles. The molecule has 2 aromatic rings. The van der Waals surface area contributed by atoms with Crippen molar-refractivity contribution < 1.29 is 22.8 Å². The molecule has 1 fully saturated rings. The molecule has 2 aliphatic heterocycles. The van der Waals surface area contributed by atoms with Crippen LogP contribution < -0.4 is 10.6 Å². The second-order valence-corrected chi connectivity index (χ2v) is 10.6. The summed E-state index contributed by atoms with van der Waals surface area (Å²) in [5.74, 6) is -1.74. The zero-order valence-electron chi connectivity index (χ0n) is 15.0. The van der Waals surface area contributed by atoms with E-state index in [1.165, 1.54) is 16.4 Å². The number of halogens is 1. The van der Waals surface area contributed by atoms with E-state index in [9.17, 15) is 22.8 Å². The number of carbonyl (C=O) groups is 3. The van der Waals surface area contributed by atoms with Gasteiger partial charge in [0.05, 0.1) is 21.2 Å². The first kappa shape index (κ1) is 20.0. The number of carbonyl (C=O) groups excluding carboxylic acids is 3. The molecule has 2 N–H and O–H groups in total. The number of thiophene rings is 1. The molecule has 4 rings (SSSR count). The van der Waals surface area contributed by atoms with Crippen LogP contribution in [0.25, 0.3) is 0 Å². The van der Waals surface area contributed by atoms with Gasteiger partial charge in [0.1, 0.15) is 4.21 Å². The summed E-state index contributed by atoms with van der Waals surface area (Å²) in [4.78, 5) is 36.4. The second-order valence-electron chi connectivity index (χ2n) is 6.74. The van der Waals surface area contributed by atoms with Gasteiger partial charge in [-0.15, -0.1) is 11.3 Å². The van der Waals surface area contributed by atoms with Gasteiger partial charge in [-0.3, -0.25) is 19.7 Å². The fraction of sp³-hybridized carbons (Fsp3) is 0.278. The number of nitrogens with zero attached hydrogens (tertiary/aromatic N) is 1. The summed E-state index contributed by atoms with van der Waals surface area (Å²) in [5.41, 5.74) is 0.655. The third kappa shape index (κ3) is 3.68. The van der Waals surface area contributed by atoms with Crippen molar-refractivity contribution in [3.63, 3.8) is 0 Å². The highest BCUT2D eigenvalue weighted by molar-refractivity contribution is 7.91. The largest absolute Gasteiger partial charge is 0.325 e. The number of anilines is 1. The van der Waals surface area contributed by atoms with Gasteiger partial charge in [0.2, 0.25) is 5.91 Å². The number of hydrogen-bond donors (Lipinski definition) is 2. The van der Waals surface area contributed by atoms with Crippen LogP contribution in [0, 0.1) is 5.92 Å². The zero-order valence-corrected chi connectivity index (χ0v) is 17.4. The molecule has 1 saturated heterocycles. The van der Waals surface area contributed by atoms with Crippen LogP contribution >= 0.6 is 22.9 Å². The Balaban J connectivity index is 1.43. The minimum Gasteiger partial charge on any atom is -0.325 e. The molecule has 0 unspecified atom stereocenters. The predicted octanol–water partition coefficient (Wildman–Crippen LogP) is 2.32. The lowest BCUT2D eigenvalue weighted by Gasteiger charge is -2.30. The van der Waals surface area contributed by atoms with Gasteiger partial charge in [-0.1, -0.05) is 17.7 Å². The fourth-order valence-electron chi connectivity index (χ4n) is 3.48. The zero-order chi connectivity index (χ0) is 20.8. The number of nitrogens with one attached hydrogen (secondary N) is 2. The van der Waals surface area contributed by atoms with Crippen molar-refractivity contribution in [2.24, 2.45) is 5.92 Å². The van der Waals surface area contributed by atoms with Crippen molar-refractivity contribution in [3.05, 3.63) is 45.8 Å². The Kier molecular flexibility index (Phi) is 5.19. The molecule has 152 valence electrons. The third-order valence-corrected chi connectivity index (χ3v) is 8.59. The van der Waals surface area contributed by atoms with Crippen LogP contribution in [0.4, 0.5) is 5.69 Å². The molecular formula is C18H16ClN3O5S2. The van der Waals surface area contributed by atoms with E-state index in [-0.39, 0.29) is 40.0 Å². The maximum atomic E-state index is 12.7. The Bertz CT molecular complexity index is 1120. The van der Waals surface area contributed by atoms with Gasteiger partial charge in [-0.25, -0.2) is 8.42 Å². The highest BCUT2D eigenvalue weighted by Gasteiger charge is 2.34. The van der Waals surface area contributed by atoms with Crippen molar-refractivity contribution in [1.29, 1.82) is 0 Å². The van der Waals surface area contributed by atoms with Gasteiger partial charge >= 0.3 is 0 Å². The lowest BCUT2D eigenvalue weighted by atomic mass is 9.96. The molecule has 0 radical (unpaired) electrons. The van der Waals surface area contributed by atoms with E-state index in [4.69, 9.17) is 11.6 Å². The van der Waals surface area contributed by atoms with Crippen molar-refractivity contribution in [2.45, 2.75) is 17.1 Å². The van der Waals surface area contributed by atoms with Crippen molar-refractivity contribution in [2.75, 3.05) is 18.4 Å². The van der Waals surface area contributed by atoms with E-state index in [1.54, 1.807) is 18.2 Å². The van der Waals surface area contributed by atoms with Gasteiger partial charge in [0.25, 0.3) is 21.8 Å². The molecule has 0 spiro atoms. The van der Waals surface area contributed by atoms with Crippen molar-refractivity contribution in [1.82, 2.24) is 9.62 Å². The summed E-state index contributed by atoms with van der Waals surface area (Å²) >= 11 is 6.84. The van der Waals surface area contributed by atoms with E-state index < -0.39 is 27.8 Å². The topological polar surface area (TPSA) is 113 Å². The number of amides is 3. The van der Waals surface area contributed by atoms with Crippen LogP contribution in [0.1, 0.15) is 33.6 Å². The second kappa shape index (κ2) is 7.52. The Morgan fingerprint density at radius 2 is 1.86 bits per heavy atom. The molecule has 2 aliphatic rings. The molecule has 1 aromatic carbocycles. The van der Waals surface area contributed by atoms with Crippen molar-refractivity contribution >= 4 is 56.4 Å². The third-order valence-electron chi connectivity index (χ3n) is 4.99. The Morgan fingerprint density at radius 1 is 1.14 bits per heavy atom. The number of rotatable bonds is 4. The maximum absolute atomic E-state index is 12.7. The number of fused-ring (bicyclic) bond motifs is 1. The number of benzene rings is 1. The first-order chi connectivity index (χ1) is 13.8. The monoisotopic (exact) mass is 453 g/mol. The van der Waals surface area contributed by atoms with E-state index in [0.717, 1.165) is 11.3 Å². The molecule has 8 nitrogen and oxygen atoms in total. The summed E-state index contributed by atoms with van der Waals surface area (Å²) in [6, 6.07) is 7.69. The van der Waals surface area contributed by atoms with E-state index >= 15 is 0 Å². The Morgan fingerprint density at radius 3 is 2.52 bits per heavy atom. The summed E-state index contributed by atoms with van der Waals surface area (Å²) in [5, 5.41) is 4.92. The molecule has 0 bridgehead atoms. The van der Waals surface area contributed by atoms with Gasteiger partial charge in [-0.05, 0) is 37.1 Å². The highest BCUT2D eigenvalue weighted by Crippen LogP contribution is 2.31. The Labute approximate surface area is 175 Å². The van der Waals surface area contributed by atoms with Crippen LogP contribution in [-0.2, 0) is 14.8 Å². The highest BCUT2D eigenvalue weighted by atomic mass is 35.5. The summed E-state index contributed by atoms with van der Waals surface area (Å²) < 4.78 is 27.3. The summed E-state index contributed by atoms with van der Waals surface area (Å²) in [7, 11) is -3.63. The predicted molar refractivity (Wildman–Crippen MR) is 108 cm³/mol. The lowest BCUT2D eigenvalue weighted by Crippen LogP contribution is -2.41. The first-order valence-corrected chi connectivity index (χ1v) is 11.5. The quantitative estimate of drug-likeness (QED) is 0.690. The van der Waals surface area contributed by atoms with Crippen LogP contribution in [0.5, 0.6) is 0 Å². The van der Waals surface area contributed by atoms with E-state index in [0.29, 0.717) is 17.2 Å². The molecule has 0 atom stereocenters. The fourth-order valence-corrected chi connectivity index (χ4v) is 6.59. The van der Waals surface area contributed by atoms with Crippen LogP contribution in [0.2, 0.25) is 4.34 Å². The molecule has 29 heavy (non-hydrogen) atoms. The normalized spacial score (nSPS) is 17.8. The average molecular weight is 454 g/mol. The first-order valence-electron chi connectivity index (χ1n) is 8.82. The Hall–Kier alpha value is -2.27. The van der Waals surface area contributed by atoms with Gasteiger partial charge in [0, 0.05) is 19.0 Å². The number of sulfonamides is 1. The minimum absolute atomic E-state index is 0.153. The van der Waals surface area contributed by atoms with Crippen LogP contribution in [-0.4, -0.2) is 43.5 Å². The SMILES string of the molecule is O=C1NC(=O)c2c(NC(=O)C3CCN(S(=O)(=O)c4ccc(Cl)s4)CC3)cccc21.